The van der Waals surface area contributed by atoms with E-state index in [9.17, 15) is 18.0 Å². The first-order valence-electron chi connectivity index (χ1n) is 8.17. The monoisotopic (exact) mass is 350 g/mol. The molecular weight excluding hydrogens is 328 g/mol. The number of carbonyl (C=O) groups is 2. The Bertz CT molecular complexity index is 757. The molecule has 1 aliphatic carbocycles. The molecule has 0 radical (unpaired) electrons. The number of benzene rings is 1. The van der Waals surface area contributed by atoms with Crippen molar-refractivity contribution in [3.63, 3.8) is 0 Å². The molecule has 1 aliphatic heterocycles. The molecule has 2 aliphatic rings. The lowest BCUT2D eigenvalue weighted by molar-refractivity contribution is -0.117. The first-order chi connectivity index (χ1) is 11.2. The Balaban J connectivity index is 1.59. The number of anilines is 1. The number of amides is 2. The van der Waals surface area contributed by atoms with Gasteiger partial charge in [0.2, 0.25) is 5.91 Å². The van der Waals surface area contributed by atoms with Gasteiger partial charge in [0, 0.05) is 23.2 Å². The Morgan fingerprint density at radius 2 is 1.67 bits per heavy atom. The van der Waals surface area contributed by atoms with Crippen LogP contribution in [0.1, 0.15) is 30.6 Å². The van der Waals surface area contributed by atoms with Crippen LogP contribution < -0.4 is 10.6 Å². The van der Waals surface area contributed by atoms with Gasteiger partial charge in [-0.25, -0.2) is 8.42 Å². The molecule has 2 fully saturated rings. The third-order valence-corrected chi connectivity index (χ3v) is 6.72. The van der Waals surface area contributed by atoms with E-state index >= 15 is 0 Å². The smallest absolute Gasteiger partial charge is 0.251 e. The maximum absolute atomic E-state index is 12.3. The highest BCUT2D eigenvalue weighted by Gasteiger charge is 2.39. The van der Waals surface area contributed by atoms with Crippen molar-refractivity contribution in [1.29, 1.82) is 0 Å². The first-order valence-corrected chi connectivity index (χ1v) is 9.99. The Morgan fingerprint density at radius 3 is 2.17 bits per heavy atom. The van der Waals surface area contributed by atoms with E-state index in [1.807, 2.05) is 13.8 Å². The van der Waals surface area contributed by atoms with E-state index in [4.69, 9.17) is 0 Å². The molecule has 1 aromatic carbocycles. The van der Waals surface area contributed by atoms with Gasteiger partial charge < -0.3 is 10.6 Å². The van der Waals surface area contributed by atoms with Crippen molar-refractivity contribution in [3.8, 4) is 0 Å². The van der Waals surface area contributed by atoms with Gasteiger partial charge in [-0.05, 0) is 42.5 Å². The number of hydrogen-bond donors (Lipinski definition) is 2. The average molecular weight is 350 g/mol. The summed E-state index contributed by atoms with van der Waals surface area (Å²) in [6, 6.07) is 6.30. The van der Waals surface area contributed by atoms with Crippen LogP contribution in [-0.4, -0.2) is 37.8 Å². The van der Waals surface area contributed by atoms with Gasteiger partial charge in [0.25, 0.3) is 5.91 Å². The molecule has 24 heavy (non-hydrogen) atoms. The maximum atomic E-state index is 12.3. The van der Waals surface area contributed by atoms with Crippen LogP contribution in [0, 0.1) is 17.8 Å². The van der Waals surface area contributed by atoms with E-state index in [1.165, 1.54) is 0 Å². The molecule has 1 aromatic rings. The van der Waals surface area contributed by atoms with Crippen LogP contribution >= 0.6 is 0 Å². The van der Waals surface area contributed by atoms with Crippen LogP contribution in [0.5, 0.6) is 0 Å². The van der Waals surface area contributed by atoms with Crippen molar-refractivity contribution in [2.75, 3.05) is 16.8 Å². The van der Waals surface area contributed by atoms with E-state index < -0.39 is 9.84 Å². The summed E-state index contributed by atoms with van der Waals surface area (Å²) in [5, 5.41) is 5.63. The number of sulfone groups is 1. The summed E-state index contributed by atoms with van der Waals surface area (Å²) in [6.07, 6.45) is 0.925. The molecule has 4 atom stereocenters. The minimum absolute atomic E-state index is 0.00633. The molecule has 0 unspecified atom stereocenters. The SMILES string of the molecule is C[C@H]1CS(=O)(=O)C[C@H]1NC(=O)c1ccc(NC(=O)[C@@H]2C[C@@H]2C)cc1. The molecule has 7 heteroatoms. The molecule has 130 valence electrons. The van der Waals surface area contributed by atoms with Crippen LogP contribution in [0.25, 0.3) is 0 Å². The standard InChI is InChI=1S/C17H22N2O4S/c1-10-7-14(10)17(21)18-13-5-3-12(4-6-13)16(20)19-15-9-24(22,23)8-11(15)2/h3-6,10-11,14-15H,7-9H2,1-2H3,(H,18,21)(H,19,20)/t10-,11-,14+,15+/m0/s1. The molecule has 2 N–H and O–H groups in total. The Hall–Kier alpha value is -1.89. The van der Waals surface area contributed by atoms with Gasteiger partial charge in [-0.1, -0.05) is 13.8 Å². The minimum atomic E-state index is -3.06. The van der Waals surface area contributed by atoms with Crippen LogP contribution in [0.3, 0.4) is 0 Å². The Morgan fingerprint density at radius 1 is 1.04 bits per heavy atom. The Labute approximate surface area is 141 Å². The van der Waals surface area contributed by atoms with Gasteiger partial charge in [0.05, 0.1) is 11.5 Å². The molecule has 1 saturated heterocycles. The second-order valence-corrected chi connectivity index (χ2v) is 9.17. The van der Waals surface area contributed by atoms with Crippen molar-refractivity contribution in [2.45, 2.75) is 26.3 Å². The van der Waals surface area contributed by atoms with Gasteiger partial charge in [0.15, 0.2) is 9.84 Å². The number of carbonyl (C=O) groups excluding carboxylic acids is 2. The molecule has 3 rings (SSSR count). The van der Waals surface area contributed by atoms with Gasteiger partial charge in [0.1, 0.15) is 0 Å². The van der Waals surface area contributed by atoms with Crippen LogP contribution in [0.15, 0.2) is 24.3 Å². The topological polar surface area (TPSA) is 92.3 Å². The maximum Gasteiger partial charge on any atom is 0.251 e. The van der Waals surface area contributed by atoms with Crippen molar-refractivity contribution in [3.05, 3.63) is 29.8 Å². The minimum Gasteiger partial charge on any atom is -0.348 e. The molecule has 1 heterocycles. The zero-order valence-corrected chi connectivity index (χ0v) is 14.6. The third-order valence-electron chi connectivity index (χ3n) is 4.81. The highest BCUT2D eigenvalue weighted by molar-refractivity contribution is 7.91. The Kier molecular flexibility index (Phi) is 4.38. The van der Waals surface area contributed by atoms with E-state index in [-0.39, 0.29) is 41.2 Å². The molecule has 0 bridgehead atoms. The quantitative estimate of drug-likeness (QED) is 0.859. The van der Waals surface area contributed by atoms with E-state index in [0.717, 1.165) is 6.42 Å². The van der Waals surface area contributed by atoms with Gasteiger partial charge >= 0.3 is 0 Å². The third kappa shape index (κ3) is 3.77. The molecule has 1 saturated carbocycles. The van der Waals surface area contributed by atoms with Crippen LogP contribution in [-0.2, 0) is 14.6 Å². The van der Waals surface area contributed by atoms with E-state index in [0.29, 0.717) is 17.2 Å². The van der Waals surface area contributed by atoms with E-state index in [2.05, 4.69) is 10.6 Å². The lowest BCUT2D eigenvalue weighted by Gasteiger charge is -2.15. The molecule has 0 aromatic heterocycles. The van der Waals surface area contributed by atoms with Crippen molar-refractivity contribution >= 4 is 27.3 Å². The highest BCUT2D eigenvalue weighted by atomic mass is 32.2. The number of rotatable bonds is 4. The lowest BCUT2D eigenvalue weighted by atomic mass is 10.1. The van der Waals surface area contributed by atoms with E-state index in [1.54, 1.807) is 24.3 Å². The fourth-order valence-electron chi connectivity index (χ4n) is 3.09. The summed E-state index contributed by atoms with van der Waals surface area (Å²) < 4.78 is 23.2. The summed E-state index contributed by atoms with van der Waals surface area (Å²) >= 11 is 0. The average Bonchev–Trinajstić information content (AvgIpc) is 3.17. The fraction of sp³-hybridized carbons (Fsp3) is 0.529. The summed E-state index contributed by atoms with van der Waals surface area (Å²) in [4.78, 5) is 24.1. The summed E-state index contributed by atoms with van der Waals surface area (Å²) in [5.74, 6) is 0.287. The normalized spacial score (nSPS) is 30.6. The van der Waals surface area contributed by atoms with Crippen molar-refractivity contribution in [2.24, 2.45) is 17.8 Å². The number of hydrogen-bond acceptors (Lipinski definition) is 4. The van der Waals surface area contributed by atoms with Crippen molar-refractivity contribution in [1.82, 2.24) is 5.32 Å². The first kappa shape index (κ1) is 17.0. The summed E-state index contributed by atoms with van der Waals surface area (Å²) in [6.45, 7) is 3.87. The van der Waals surface area contributed by atoms with Gasteiger partial charge in [-0.3, -0.25) is 9.59 Å². The zero-order chi connectivity index (χ0) is 17.5. The zero-order valence-electron chi connectivity index (χ0n) is 13.8. The predicted molar refractivity (Wildman–Crippen MR) is 91.4 cm³/mol. The summed E-state index contributed by atoms with van der Waals surface area (Å²) in [5.41, 5.74) is 1.11. The second-order valence-electron chi connectivity index (χ2n) is 7.02. The molecule has 2 amide bonds. The molecular formula is C17H22N2O4S. The van der Waals surface area contributed by atoms with Gasteiger partial charge in [-0.15, -0.1) is 0 Å². The second kappa shape index (κ2) is 6.20. The lowest BCUT2D eigenvalue weighted by Crippen LogP contribution is -2.39. The van der Waals surface area contributed by atoms with Gasteiger partial charge in [-0.2, -0.15) is 0 Å². The fourth-order valence-corrected chi connectivity index (χ4v) is 5.21. The molecule has 0 spiro atoms. The van der Waals surface area contributed by atoms with Crippen LogP contribution in [0.2, 0.25) is 0 Å². The summed E-state index contributed by atoms with van der Waals surface area (Å²) in [7, 11) is -3.06. The highest BCUT2D eigenvalue weighted by Crippen LogP contribution is 2.38. The largest absolute Gasteiger partial charge is 0.348 e. The number of nitrogens with one attached hydrogen (secondary N) is 2. The molecule has 6 nitrogen and oxygen atoms in total. The van der Waals surface area contributed by atoms with Crippen molar-refractivity contribution < 1.29 is 18.0 Å². The predicted octanol–water partition coefficient (Wildman–Crippen LogP) is 1.44. The van der Waals surface area contributed by atoms with Crippen LogP contribution in [0.4, 0.5) is 5.69 Å².